The van der Waals surface area contributed by atoms with Gasteiger partial charge in [-0.3, -0.25) is 4.79 Å². The SMILES string of the molecule is C[C@@H](c1ccc(S(N)(=O)=O)cc1)N(C)C(=O)Cc1noc2ccccc12. The fourth-order valence-corrected chi connectivity index (χ4v) is 3.22. The highest BCUT2D eigenvalue weighted by atomic mass is 32.2. The summed E-state index contributed by atoms with van der Waals surface area (Å²) in [7, 11) is -2.04. The number of hydrogen-bond acceptors (Lipinski definition) is 5. The highest BCUT2D eigenvalue weighted by molar-refractivity contribution is 7.89. The molecule has 2 N–H and O–H groups in total. The first-order valence-corrected chi connectivity index (χ1v) is 9.53. The third-order valence-electron chi connectivity index (χ3n) is 4.44. The molecule has 0 aliphatic rings. The van der Waals surface area contributed by atoms with Gasteiger partial charge in [0.2, 0.25) is 15.9 Å². The van der Waals surface area contributed by atoms with Crippen molar-refractivity contribution in [1.82, 2.24) is 10.1 Å². The van der Waals surface area contributed by atoms with Gasteiger partial charge in [-0.2, -0.15) is 0 Å². The molecule has 0 saturated heterocycles. The Hall–Kier alpha value is -2.71. The average molecular weight is 373 g/mol. The third kappa shape index (κ3) is 3.61. The van der Waals surface area contributed by atoms with Crippen molar-refractivity contribution in [2.75, 3.05) is 7.05 Å². The van der Waals surface area contributed by atoms with Crippen LogP contribution in [0.2, 0.25) is 0 Å². The minimum absolute atomic E-state index is 0.0384. The van der Waals surface area contributed by atoms with E-state index in [2.05, 4.69) is 5.16 Å². The number of fused-ring (bicyclic) bond motifs is 1. The summed E-state index contributed by atoms with van der Waals surface area (Å²) in [5.41, 5.74) is 2.04. The van der Waals surface area contributed by atoms with Gasteiger partial charge in [0.15, 0.2) is 5.58 Å². The number of carbonyl (C=O) groups excluding carboxylic acids is 1. The Kier molecular flexibility index (Phi) is 4.80. The van der Waals surface area contributed by atoms with Crippen LogP contribution in [0.15, 0.2) is 57.9 Å². The van der Waals surface area contributed by atoms with Crippen molar-refractivity contribution in [3.63, 3.8) is 0 Å². The number of sulfonamides is 1. The van der Waals surface area contributed by atoms with Crippen LogP contribution >= 0.6 is 0 Å². The zero-order valence-corrected chi connectivity index (χ0v) is 15.2. The Bertz CT molecular complexity index is 1040. The van der Waals surface area contributed by atoms with Gasteiger partial charge in [0.05, 0.1) is 17.4 Å². The van der Waals surface area contributed by atoms with Crippen LogP contribution in [0.25, 0.3) is 11.0 Å². The quantitative estimate of drug-likeness (QED) is 0.738. The summed E-state index contributed by atoms with van der Waals surface area (Å²) in [6.07, 6.45) is 0.118. The second-order valence-corrected chi connectivity index (χ2v) is 7.66. The van der Waals surface area contributed by atoms with Crippen LogP contribution in [0.5, 0.6) is 0 Å². The number of amides is 1. The lowest BCUT2D eigenvalue weighted by molar-refractivity contribution is -0.131. The van der Waals surface area contributed by atoms with Crippen molar-refractivity contribution in [3.8, 4) is 0 Å². The van der Waals surface area contributed by atoms with Gasteiger partial charge in [0, 0.05) is 12.4 Å². The molecule has 2 aromatic carbocycles. The maximum absolute atomic E-state index is 12.6. The number of aromatic nitrogens is 1. The lowest BCUT2D eigenvalue weighted by Gasteiger charge is -2.25. The van der Waals surface area contributed by atoms with E-state index in [4.69, 9.17) is 9.66 Å². The normalized spacial score (nSPS) is 12.9. The van der Waals surface area contributed by atoms with E-state index in [0.717, 1.165) is 10.9 Å². The van der Waals surface area contributed by atoms with Gasteiger partial charge in [0.25, 0.3) is 0 Å². The highest BCUT2D eigenvalue weighted by Crippen LogP contribution is 2.23. The van der Waals surface area contributed by atoms with Crippen molar-refractivity contribution < 1.29 is 17.7 Å². The van der Waals surface area contributed by atoms with Crippen molar-refractivity contribution >= 4 is 26.9 Å². The van der Waals surface area contributed by atoms with Crippen LogP contribution in [-0.2, 0) is 21.2 Å². The summed E-state index contributed by atoms with van der Waals surface area (Å²) < 4.78 is 27.9. The Balaban J connectivity index is 1.75. The van der Waals surface area contributed by atoms with Gasteiger partial charge in [-0.05, 0) is 36.8 Å². The van der Waals surface area contributed by atoms with E-state index < -0.39 is 10.0 Å². The molecule has 1 heterocycles. The van der Waals surface area contributed by atoms with Crippen molar-refractivity contribution in [1.29, 1.82) is 0 Å². The van der Waals surface area contributed by atoms with E-state index in [1.165, 1.54) is 12.1 Å². The molecule has 0 fully saturated rings. The molecule has 8 heteroatoms. The van der Waals surface area contributed by atoms with Gasteiger partial charge >= 0.3 is 0 Å². The Morgan fingerprint density at radius 2 is 1.85 bits per heavy atom. The van der Waals surface area contributed by atoms with Gasteiger partial charge in [-0.25, -0.2) is 13.6 Å². The number of benzene rings is 2. The van der Waals surface area contributed by atoms with Gasteiger partial charge in [-0.1, -0.05) is 29.4 Å². The number of primary sulfonamides is 1. The molecule has 0 aliphatic carbocycles. The van der Waals surface area contributed by atoms with Crippen LogP contribution in [0, 0.1) is 0 Å². The molecular formula is C18H19N3O4S. The summed E-state index contributed by atoms with van der Waals surface area (Å²) in [5, 5.41) is 9.91. The van der Waals surface area contributed by atoms with Gasteiger partial charge in [0.1, 0.15) is 5.69 Å². The smallest absolute Gasteiger partial charge is 0.238 e. The van der Waals surface area contributed by atoms with E-state index >= 15 is 0 Å². The van der Waals surface area contributed by atoms with E-state index in [0.29, 0.717) is 11.3 Å². The molecule has 1 aromatic heterocycles. The van der Waals surface area contributed by atoms with Crippen LogP contribution in [-0.4, -0.2) is 31.4 Å². The lowest BCUT2D eigenvalue weighted by Crippen LogP contribution is -2.31. The topological polar surface area (TPSA) is 106 Å². The molecule has 0 radical (unpaired) electrons. The fourth-order valence-electron chi connectivity index (χ4n) is 2.71. The van der Waals surface area contributed by atoms with Crippen LogP contribution in [0.1, 0.15) is 24.2 Å². The number of likely N-dealkylation sites (N-methyl/N-ethyl adjacent to an activating group) is 1. The average Bonchev–Trinajstić information content (AvgIpc) is 3.03. The molecule has 0 aliphatic heterocycles. The largest absolute Gasteiger partial charge is 0.356 e. The zero-order chi connectivity index (χ0) is 18.9. The Labute approximate surface area is 151 Å². The summed E-state index contributed by atoms with van der Waals surface area (Å²) >= 11 is 0. The summed E-state index contributed by atoms with van der Waals surface area (Å²) in [6.45, 7) is 1.87. The molecule has 3 rings (SSSR count). The zero-order valence-electron chi connectivity index (χ0n) is 14.4. The minimum atomic E-state index is -3.74. The summed E-state index contributed by atoms with van der Waals surface area (Å²) in [5.74, 6) is -0.118. The molecule has 136 valence electrons. The second kappa shape index (κ2) is 6.89. The predicted octanol–water partition coefficient (Wildman–Crippen LogP) is 2.24. The third-order valence-corrected chi connectivity index (χ3v) is 5.37. The number of hydrogen-bond donors (Lipinski definition) is 1. The number of rotatable bonds is 5. The minimum Gasteiger partial charge on any atom is -0.356 e. The summed E-state index contributed by atoms with van der Waals surface area (Å²) in [4.78, 5) is 14.3. The van der Waals surface area contributed by atoms with E-state index in [1.807, 2.05) is 25.1 Å². The summed E-state index contributed by atoms with van der Waals surface area (Å²) in [6, 6.07) is 13.3. The molecular weight excluding hydrogens is 354 g/mol. The molecule has 0 spiro atoms. The second-order valence-electron chi connectivity index (χ2n) is 6.10. The standard InChI is InChI=1S/C18H19N3O4S/c1-12(13-7-9-14(10-8-13)26(19,23)24)21(2)18(22)11-16-15-5-3-4-6-17(15)25-20-16/h3-10,12H,11H2,1-2H3,(H2,19,23,24)/t12-/m0/s1. The molecule has 0 saturated carbocycles. The highest BCUT2D eigenvalue weighted by Gasteiger charge is 2.20. The number of carbonyl (C=O) groups is 1. The van der Waals surface area contributed by atoms with Crippen LogP contribution in [0.3, 0.4) is 0 Å². The molecule has 26 heavy (non-hydrogen) atoms. The van der Waals surface area contributed by atoms with Gasteiger partial charge in [-0.15, -0.1) is 0 Å². The first-order valence-electron chi connectivity index (χ1n) is 7.99. The number of nitrogens with two attached hydrogens (primary N) is 1. The fraction of sp³-hybridized carbons (Fsp3) is 0.222. The number of nitrogens with zero attached hydrogens (tertiary/aromatic N) is 2. The van der Waals surface area contributed by atoms with Crippen molar-refractivity contribution in [2.45, 2.75) is 24.3 Å². The van der Waals surface area contributed by atoms with E-state index in [9.17, 15) is 13.2 Å². The monoisotopic (exact) mass is 373 g/mol. The molecule has 1 atom stereocenters. The van der Waals surface area contributed by atoms with E-state index in [1.54, 1.807) is 30.1 Å². The number of para-hydroxylation sites is 1. The Morgan fingerprint density at radius 1 is 1.19 bits per heavy atom. The molecule has 3 aromatic rings. The van der Waals surface area contributed by atoms with Crippen LogP contribution in [0.4, 0.5) is 0 Å². The van der Waals surface area contributed by atoms with Crippen molar-refractivity contribution in [3.05, 3.63) is 59.8 Å². The van der Waals surface area contributed by atoms with Crippen molar-refractivity contribution in [2.24, 2.45) is 5.14 Å². The predicted molar refractivity (Wildman–Crippen MR) is 96.7 cm³/mol. The molecule has 7 nitrogen and oxygen atoms in total. The maximum Gasteiger partial charge on any atom is 0.238 e. The van der Waals surface area contributed by atoms with Crippen LogP contribution < -0.4 is 5.14 Å². The molecule has 1 amide bonds. The Morgan fingerprint density at radius 3 is 2.50 bits per heavy atom. The first-order chi connectivity index (χ1) is 12.3. The van der Waals surface area contributed by atoms with Gasteiger partial charge < -0.3 is 9.42 Å². The van der Waals surface area contributed by atoms with E-state index in [-0.39, 0.29) is 23.3 Å². The first kappa shape index (κ1) is 18.1. The lowest BCUT2D eigenvalue weighted by atomic mass is 10.1. The molecule has 0 bridgehead atoms. The maximum atomic E-state index is 12.6. The molecule has 0 unspecified atom stereocenters.